The number of unbranched alkanes of at least 4 members (excludes halogenated alkanes) is 1. The first-order valence-electron chi connectivity index (χ1n) is 14.5. The summed E-state index contributed by atoms with van der Waals surface area (Å²) in [4.78, 5) is 24.2. The summed E-state index contributed by atoms with van der Waals surface area (Å²) >= 11 is 0. The van der Waals surface area contributed by atoms with Crippen molar-refractivity contribution in [3.8, 4) is 16.9 Å². The molecule has 0 atom stereocenters. The van der Waals surface area contributed by atoms with Crippen molar-refractivity contribution in [2.45, 2.75) is 44.5 Å². The first-order valence-corrected chi connectivity index (χ1v) is 14.5. The van der Waals surface area contributed by atoms with Crippen LogP contribution in [0.2, 0.25) is 0 Å². The number of benzene rings is 4. The van der Waals surface area contributed by atoms with Gasteiger partial charge in [0.15, 0.2) is 0 Å². The maximum Gasteiger partial charge on any atom is 0.427 e. The molecule has 0 amide bonds. The Morgan fingerprint density at radius 3 is 2.04 bits per heavy atom. The molecule has 0 saturated carbocycles. The standard InChI is InChI=1S/C35H32F5NO5/c36-34(37,38)28-18-16-25(17-19-28)29-8-2-3-9-30(29)35(39,40)46-31-10-4-1-7-26(31)20-22-41(21-6-5-11-32(42)43)23-24-12-14-27(15-13-24)33(44)45/h1-4,7-10,12-19H,5-6,11,20-23H2,(H,42,43)(H,44,45). The molecule has 11 heteroatoms. The second-order valence-corrected chi connectivity index (χ2v) is 10.7. The molecule has 0 fully saturated rings. The van der Waals surface area contributed by atoms with Crippen LogP contribution in [0.4, 0.5) is 22.0 Å². The molecular formula is C35H32F5NO5. The van der Waals surface area contributed by atoms with E-state index in [1.54, 1.807) is 30.3 Å². The fourth-order valence-corrected chi connectivity index (χ4v) is 5.00. The predicted octanol–water partition coefficient (Wildman–Crippen LogP) is 8.50. The number of aromatic carboxylic acids is 1. The Kier molecular flexibility index (Phi) is 11.1. The highest BCUT2D eigenvalue weighted by Gasteiger charge is 2.38. The SMILES string of the molecule is O=C(O)CCCCN(CCc1ccccc1OC(F)(F)c1ccccc1-c1ccc(C(F)(F)F)cc1)Cc1ccc(C(=O)O)cc1. The summed E-state index contributed by atoms with van der Waals surface area (Å²) in [5.41, 5.74) is 0.275. The third-order valence-electron chi connectivity index (χ3n) is 7.39. The number of hydrogen-bond acceptors (Lipinski definition) is 4. The number of carboxylic acid groups (broad SMARTS) is 2. The summed E-state index contributed by atoms with van der Waals surface area (Å²) in [6.45, 7) is 1.35. The zero-order chi connectivity index (χ0) is 33.3. The molecule has 0 unspecified atom stereocenters. The lowest BCUT2D eigenvalue weighted by molar-refractivity contribution is -0.185. The molecular weight excluding hydrogens is 609 g/mol. The molecule has 0 aliphatic rings. The highest BCUT2D eigenvalue weighted by Crippen LogP contribution is 2.39. The number of alkyl halides is 5. The average Bonchev–Trinajstić information content (AvgIpc) is 3.02. The van der Waals surface area contributed by atoms with E-state index in [1.807, 2.05) is 4.90 Å². The van der Waals surface area contributed by atoms with E-state index in [9.17, 15) is 27.9 Å². The van der Waals surface area contributed by atoms with E-state index in [4.69, 9.17) is 9.84 Å². The number of para-hydroxylation sites is 1. The molecule has 0 saturated heterocycles. The van der Waals surface area contributed by atoms with Crippen molar-refractivity contribution in [3.63, 3.8) is 0 Å². The predicted molar refractivity (Wildman–Crippen MR) is 162 cm³/mol. The zero-order valence-corrected chi connectivity index (χ0v) is 24.6. The molecule has 242 valence electrons. The highest BCUT2D eigenvalue weighted by atomic mass is 19.4. The van der Waals surface area contributed by atoms with E-state index in [-0.39, 0.29) is 28.9 Å². The van der Waals surface area contributed by atoms with E-state index in [2.05, 4.69) is 0 Å². The van der Waals surface area contributed by atoms with E-state index in [1.165, 1.54) is 42.5 Å². The van der Waals surface area contributed by atoms with Crippen LogP contribution in [0.1, 0.15) is 51.9 Å². The van der Waals surface area contributed by atoms with Gasteiger partial charge in [0.2, 0.25) is 0 Å². The van der Waals surface area contributed by atoms with Gasteiger partial charge in [-0.15, -0.1) is 0 Å². The molecule has 46 heavy (non-hydrogen) atoms. The first-order chi connectivity index (χ1) is 21.8. The van der Waals surface area contributed by atoms with Crippen LogP contribution in [0.5, 0.6) is 5.75 Å². The Balaban J connectivity index is 1.52. The molecule has 0 radical (unpaired) electrons. The van der Waals surface area contributed by atoms with Gasteiger partial charge < -0.3 is 14.9 Å². The summed E-state index contributed by atoms with van der Waals surface area (Å²) in [6.07, 6.45) is -7.05. The minimum atomic E-state index is -4.56. The third kappa shape index (κ3) is 9.37. The van der Waals surface area contributed by atoms with Gasteiger partial charge in [-0.1, -0.05) is 60.7 Å². The highest BCUT2D eigenvalue weighted by molar-refractivity contribution is 5.87. The van der Waals surface area contributed by atoms with E-state index >= 15 is 8.78 Å². The van der Waals surface area contributed by atoms with E-state index in [0.29, 0.717) is 44.5 Å². The summed E-state index contributed by atoms with van der Waals surface area (Å²) in [5, 5.41) is 18.2. The van der Waals surface area contributed by atoms with Crippen LogP contribution in [-0.2, 0) is 30.0 Å². The number of hydrogen-bond donors (Lipinski definition) is 2. The fourth-order valence-electron chi connectivity index (χ4n) is 5.00. The molecule has 6 nitrogen and oxygen atoms in total. The van der Waals surface area contributed by atoms with Crippen molar-refractivity contribution >= 4 is 11.9 Å². The summed E-state index contributed by atoms with van der Waals surface area (Å²) in [5.74, 6) is -2.01. The quantitative estimate of drug-likeness (QED) is 0.100. The van der Waals surface area contributed by atoms with Crippen LogP contribution in [-0.4, -0.2) is 40.1 Å². The van der Waals surface area contributed by atoms with Crippen molar-refractivity contribution in [3.05, 3.63) is 125 Å². The van der Waals surface area contributed by atoms with Gasteiger partial charge in [-0.25, -0.2) is 4.79 Å². The zero-order valence-electron chi connectivity index (χ0n) is 24.6. The van der Waals surface area contributed by atoms with Crippen molar-refractivity contribution in [1.82, 2.24) is 4.90 Å². The average molecular weight is 642 g/mol. The Morgan fingerprint density at radius 2 is 1.39 bits per heavy atom. The van der Waals surface area contributed by atoms with Crippen molar-refractivity contribution in [2.75, 3.05) is 13.1 Å². The summed E-state index contributed by atoms with van der Waals surface area (Å²) < 4.78 is 76.0. The van der Waals surface area contributed by atoms with Gasteiger partial charge in [0.1, 0.15) is 5.75 Å². The summed E-state index contributed by atoms with van der Waals surface area (Å²) in [7, 11) is 0. The lowest BCUT2D eigenvalue weighted by Crippen LogP contribution is -2.28. The lowest BCUT2D eigenvalue weighted by Gasteiger charge is -2.25. The Bertz CT molecular complexity index is 1620. The van der Waals surface area contributed by atoms with Gasteiger partial charge in [0.05, 0.1) is 16.7 Å². The molecule has 0 spiro atoms. The molecule has 0 heterocycles. The maximum absolute atomic E-state index is 15.8. The van der Waals surface area contributed by atoms with Crippen LogP contribution < -0.4 is 4.74 Å². The fraction of sp³-hybridized carbons (Fsp3) is 0.257. The molecule has 0 aliphatic carbocycles. The lowest BCUT2D eigenvalue weighted by atomic mass is 9.98. The van der Waals surface area contributed by atoms with Gasteiger partial charge in [0.25, 0.3) is 0 Å². The van der Waals surface area contributed by atoms with Crippen LogP contribution in [0, 0.1) is 0 Å². The van der Waals surface area contributed by atoms with Gasteiger partial charge in [-0.2, -0.15) is 22.0 Å². The molecule has 4 aromatic carbocycles. The molecule has 0 aromatic heterocycles. The van der Waals surface area contributed by atoms with Gasteiger partial charge in [-0.3, -0.25) is 9.69 Å². The largest absolute Gasteiger partial charge is 0.481 e. The van der Waals surface area contributed by atoms with Gasteiger partial charge in [0, 0.05) is 19.5 Å². The monoisotopic (exact) mass is 641 g/mol. The third-order valence-corrected chi connectivity index (χ3v) is 7.39. The van der Waals surface area contributed by atoms with Crippen LogP contribution >= 0.6 is 0 Å². The Morgan fingerprint density at radius 1 is 0.739 bits per heavy atom. The van der Waals surface area contributed by atoms with Crippen molar-refractivity contribution in [1.29, 1.82) is 0 Å². The Hall–Kier alpha value is -4.77. The first kappa shape index (κ1) is 34.1. The molecule has 4 rings (SSSR count). The summed E-state index contributed by atoms with van der Waals surface area (Å²) in [6, 6.07) is 22.2. The van der Waals surface area contributed by atoms with E-state index in [0.717, 1.165) is 29.8 Å². The molecule has 0 bridgehead atoms. The molecule has 0 aliphatic heterocycles. The topological polar surface area (TPSA) is 87.1 Å². The number of ether oxygens (including phenoxy) is 1. The van der Waals surface area contributed by atoms with Crippen molar-refractivity contribution < 1.29 is 46.5 Å². The van der Waals surface area contributed by atoms with E-state index < -0.39 is 35.4 Å². The number of rotatable bonds is 15. The maximum atomic E-state index is 15.8. The minimum Gasteiger partial charge on any atom is -0.481 e. The van der Waals surface area contributed by atoms with Crippen molar-refractivity contribution in [2.24, 2.45) is 0 Å². The minimum absolute atomic E-state index is 0.0147. The van der Waals surface area contributed by atoms with Crippen LogP contribution in [0.25, 0.3) is 11.1 Å². The number of carbonyl (C=O) groups is 2. The Labute approximate surface area is 262 Å². The van der Waals surface area contributed by atoms with Gasteiger partial charge >= 0.3 is 24.2 Å². The van der Waals surface area contributed by atoms with Crippen LogP contribution in [0.15, 0.2) is 97.1 Å². The number of nitrogens with zero attached hydrogens (tertiary/aromatic N) is 1. The number of halogens is 5. The second-order valence-electron chi connectivity index (χ2n) is 10.7. The van der Waals surface area contributed by atoms with Gasteiger partial charge in [-0.05, 0) is 84.5 Å². The van der Waals surface area contributed by atoms with Crippen LogP contribution in [0.3, 0.4) is 0 Å². The molecule has 4 aromatic rings. The molecule has 2 N–H and O–H groups in total. The number of carboxylic acids is 2. The smallest absolute Gasteiger partial charge is 0.427 e. The second kappa shape index (κ2) is 15.0. The normalized spacial score (nSPS) is 11.9. The number of aliphatic carboxylic acids is 1.